The highest BCUT2D eigenvalue weighted by Gasteiger charge is 2.44. The first kappa shape index (κ1) is 15.9. The third-order valence-corrected chi connectivity index (χ3v) is 3.55. The van der Waals surface area contributed by atoms with Gasteiger partial charge in [-0.1, -0.05) is 0 Å². The van der Waals surface area contributed by atoms with E-state index in [-0.39, 0.29) is 36.5 Å². The van der Waals surface area contributed by atoms with Crippen LogP contribution in [0.3, 0.4) is 0 Å². The van der Waals surface area contributed by atoms with Crippen LogP contribution < -0.4 is 0 Å². The number of hydrogen-bond donors (Lipinski definition) is 0. The minimum absolute atomic E-state index is 0.00926. The van der Waals surface area contributed by atoms with E-state index in [1.54, 1.807) is 21.3 Å². The predicted octanol–water partition coefficient (Wildman–Crippen LogP) is -0.186. The highest BCUT2D eigenvalue weighted by molar-refractivity contribution is 6.11. The Kier molecular flexibility index (Phi) is 6.59. The van der Waals surface area contributed by atoms with Crippen molar-refractivity contribution in [3.63, 3.8) is 0 Å². The fraction of sp³-hybridized carbons (Fsp3) is 1.00. The molecule has 1 unspecified atom stereocenters. The second-order valence-corrected chi connectivity index (χ2v) is 4.78. The molecule has 1 rings (SSSR count). The number of rotatable bonds is 7. The summed E-state index contributed by atoms with van der Waals surface area (Å²) >= 11 is 0. The Morgan fingerprint density at radius 3 is 2.28 bits per heavy atom. The maximum absolute atomic E-state index is 6.03. The zero-order chi connectivity index (χ0) is 13.7. The van der Waals surface area contributed by atoms with Crippen molar-refractivity contribution in [1.82, 2.24) is 0 Å². The van der Waals surface area contributed by atoms with Crippen molar-refractivity contribution < 1.29 is 23.7 Å². The van der Waals surface area contributed by atoms with Gasteiger partial charge in [-0.3, -0.25) is 0 Å². The van der Waals surface area contributed by atoms with Crippen LogP contribution in [0.5, 0.6) is 0 Å². The molecule has 5 nitrogen and oxygen atoms in total. The van der Waals surface area contributed by atoms with Gasteiger partial charge in [0.2, 0.25) is 0 Å². The molecule has 0 amide bonds. The van der Waals surface area contributed by atoms with Gasteiger partial charge in [-0.15, -0.1) is 0 Å². The first-order chi connectivity index (χ1) is 8.54. The van der Waals surface area contributed by atoms with Crippen molar-refractivity contribution >= 4 is 7.85 Å². The Morgan fingerprint density at radius 2 is 1.78 bits per heavy atom. The highest BCUT2D eigenvalue weighted by atomic mass is 16.6. The van der Waals surface area contributed by atoms with E-state index >= 15 is 0 Å². The van der Waals surface area contributed by atoms with E-state index in [1.165, 1.54) is 0 Å². The largest absolute Gasteiger partial charge is 0.382 e. The highest BCUT2D eigenvalue weighted by Crippen LogP contribution is 2.26. The van der Waals surface area contributed by atoms with Gasteiger partial charge < -0.3 is 23.7 Å². The second-order valence-electron chi connectivity index (χ2n) is 4.78. The molecule has 0 aromatic carbocycles. The van der Waals surface area contributed by atoms with Crippen LogP contribution in [-0.4, -0.2) is 72.3 Å². The molecule has 106 valence electrons. The minimum atomic E-state index is -0.105. The molecule has 0 aromatic rings. The van der Waals surface area contributed by atoms with Crippen molar-refractivity contribution in [2.24, 2.45) is 0 Å². The fourth-order valence-electron chi connectivity index (χ4n) is 2.23. The quantitative estimate of drug-likeness (QED) is 0.594. The summed E-state index contributed by atoms with van der Waals surface area (Å²) in [7, 11) is 7.01. The first-order valence-electron chi connectivity index (χ1n) is 6.40. The molecule has 18 heavy (non-hydrogen) atoms. The Labute approximate surface area is 110 Å². The number of ether oxygens (including phenoxy) is 5. The van der Waals surface area contributed by atoms with Gasteiger partial charge in [0.25, 0.3) is 0 Å². The average Bonchev–Trinajstić information content (AvgIpc) is 2.64. The van der Waals surface area contributed by atoms with Gasteiger partial charge in [0, 0.05) is 21.3 Å². The van der Waals surface area contributed by atoms with Crippen molar-refractivity contribution in [1.29, 1.82) is 0 Å². The van der Waals surface area contributed by atoms with Gasteiger partial charge in [-0.25, -0.2) is 0 Å². The molecule has 1 aliphatic rings. The lowest BCUT2D eigenvalue weighted by molar-refractivity contribution is -0.113. The maximum Gasteiger partial charge on any atom is 0.142 e. The summed E-state index contributed by atoms with van der Waals surface area (Å²) < 4.78 is 27.8. The molecular formula is C12H25BO5. The number of hydrogen-bond acceptors (Lipinski definition) is 5. The molecule has 1 aliphatic heterocycles. The van der Waals surface area contributed by atoms with Crippen LogP contribution in [0.2, 0.25) is 0 Å². The van der Waals surface area contributed by atoms with Crippen molar-refractivity contribution in [2.75, 3.05) is 27.9 Å². The smallest absolute Gasteiger partial charge is 0.142 e. The third-order valence-electron chi connectivity index (χ3n) is 3.55. The van der Waals surface area contributed by atoms with Gasteiger partial charge in [-0.2, -0.15) is 0 Å². The van der Waals surface area contributed by atoms with Gasteiger partial charge >= 0.3 is 0 Å². The Morgan fingerprint density at radius 1 is 1.11 bits per heavy atom. The van der Waals surface area contributed by atoms with E-state index in [9.17, 15) is 0 Å². The molecule has 0 aromatic heterocycles. The van der Waals surface area contributed by atoms with Crippen molar-refractivity contribution in [3.05, 3.63) is 0 Å². The van der Waals surface area contributed by atoms with E-state index in [0.717, 1.165) is 0 Å². The standard InChI is InChI=1S/C12H25BO5/c1-7(15-4)8(2)17-11-10(16-5)9(6-14-3)18-12(11)13/h7-12H,6,13H2,1-5H3/t7-,8-,9-,10?,11+,12-/m1/s1. The fourth-order valence-corrected chi connectivity index (χ4v) is 2.23. The van der Waals surface area contributed by atoms with E-state index in [2.05, 4.69) is 0 Å². The molecule has 0 saturated carbocycles. The lowest BCUT2D eigenvalue weighted by Crippen LogP contribution is -2.42. The van der Waals surface area contributed by atoms with Crippen LogP contribution in [-0.2, 0) is 23.7 Å². The summed E-state index contributed by atoms with van der Waals surface area (Å²) in [5.74, 6) is 0. The minimum Gasteiger partial charge on any atom is -0.382 e. The zero-order valence-electron chi connectivity index (χ0n) is 12.2. The van der Waals surface area contributed by atoms with E-state index < -0.39 is 0 Å². The summed E-state index contributed by atoms with van der Waals surface area (Å²) in [5.41, 5.74) is 0. The molecule has 1 heterocycles. The van der Waals surface area contributed by atoms with Crippen LogP contribution >= 0.6 is 0 Å². The Bertz CT molecular complexity index is 241. The average molecular weight is 260 g/mol. The van der Waals surface area contributed by atoms with Crippen molar-refractivity contribution in [2.45, 2.75) is 50.4 Å². The van der Waals surface area contributed by atoms with E-state index in [1.807, 2.05) is 21.7 Å². The Balaban J connectivity index is 2.62. The van der Waals surface area contributed by atoms with Crippen molar-refractivity contribution in [3.8, 4) is 0 Å². The second kappa shape index (κ2) is 7.45. The summed E-state index contributed by atoms with van der Waals surface area (Å²) in [6.07, 6.45) is -0.250. The normalized spacial score (nSPS) is 35.6. The monoisotopic (exact) mass is 260 g/mol. The first-order valence-corrected chi connectivity index (χ1v) is 6.40. The molecule has 6 atom stereocenters. The molecule has 0 radical (unpaired) electrons. The van der Waals surface area contributed by atoms with Crippen LogP contribution in [0, 0.1) is 0 Å². The molecular weight excluding hydrogens is 235 g/mol. The zero-order valence-corrected chi connectivity index (χ0v) is 12.2. The predicted molar refractivity (Wildman–Crippen MR) is 70.7 cm³/mol. The Hall–Kier alpha value is -0.135. The van der Waals surface area contributed by atoms with Crippen LogP contribution in [0.4, 0.5) is 0 Å². The van der Waals surface area contributed by atoms with Crippen LogP contribution in [0.1, 0.15) is 13.8 Å². The lowest BCUT2D eigenvalue weighted by atomic mass is 9.92. The molecule has 1 fully saturated rings. The van der Waals surface area contributed by atoms with E-state index in [0.29, 0.717) is 6.61 Å². The number of methoxy groups -OCH3 is 3. The molecule has 0 aliphatic carbocycles. The summed E-state index contributed by atoms with van der Waals surface area (Å²) in [4.78, 5) is 0. The molecule has 6 heteroatoms. The molecule has 0 bridgehead atoms. The lowest BCUT2D eigenvalue weighted by Gasteiger charge is -2.28. The summed E-state index contributed by atoms with van der Waals surface area (Å²) in [5, 5.41) is 0. The van der Waals surface area contributed by atoms with Gasteiger partial charge in [-0.05, 0) is 13.8 Å². The van der Waals surface area contributed by atoms with E-state index in [4.69, 9.17) is 23.7 Å². The summed E-state index contributed by atoms with van der Waals surface area (Å²) in [6, 6.07) is -0.0124. The third kappa shape index (κ3) is 3.68. The van der Waals surface area contributed by atoms with Gasteiger partial charge in [0.05, 0.1) is 24.8 Å². The molecule has 1 saturated heterocycles. The SMILES string of the molecule is B[C@@H]1O[C@H](COC)C(OC)[C@@H]1O[C@H](C)[C@@H](C)OC. The topological polar surface area (TPSA) is 46.2 Å². The molecule has 0 spiro atoms. The maximum atomic E-state index is 6.03. The van der Waals surface area contributed by atoms with Crippen LogP contribution in [0.25, 0.3) is 0 Å². The van der Waals surface area contributed by atoms with Gasteiger partial charge in [0.1, 0.15) is 26.2 Å². The molecule has 0 N–H and O–H groups in total. The van der Waals surface area contributed by atoms with Crippen LogP contribution in [0.15, 0.2) is 0 Å². The van der Waals surface area contributed by atoms with Gasteiger partial charge in [0.15, 0.2) is 0 Å². The summed E-state index contributed by atoms with van der Waals surface area (Å²) in [6.45, 7) is 4.49.